The van der Waals surface area contributed by atoms with Crippen molar-refractivity contribution in [3.05, 3.63) is 23.8 Å². The Hall–Kier alpha value is -0.760. The molecule has 0 heterocycles. The molecule has 3 aliphatic rings. The molecule has 316 valence electrons. The summed E-state index contributed by atoms with van der Waals surface area (Å²) in [6.07, 6.45) is 40.5. The van der Waals surface area contributed by atoms with Gasteiger partial charge in [0.05, 0.1) is 68.6 Å². The van der Waals surface area contributed by atoms with Gasteiger partial charge in [0.1, 0.15) is 0 Å². The van der Waals surface area contributed by atoms with Gasteiger partial charge >= 0.3 is 0 Å². The van der Waals surface area contributed by atoms with E-state index < -0.39 is 0 Å². The number of hydrogen-bond acceptors (Lipinski definition) is 4. The zero-order valence-electron chi connectivity index (χ0n) is 37.5. The molecule has 6 atom stereocenters. The van der Waals surface area contributed by atoms with Gasteiger partial charge in [0.25, 0.3) is 0 Å². The van der Waals surface area contributed by atoms with Crippen LogP contribution < -0.4 is 11.0 Å². The molecule has 0 radical (unpaired) electrons. The van der Waals surface area contributed by atoms with E-state index in [1.165, 1.54) is 141 Å². The van der Waals surface area contributed by atoms with Crippen LogP contribution in [0.25, 0.3) is 0 Å². The number of rotatable bonds is 25. The molecule has 2 N–H and O–H groups in total. The molecular weight excluding hydrogens is 665 g/mol. The SMILES string of the molecule is CCCCCCC1C=CC2(CCCCCCC2CONCCC[N+](C)(C)C)C(/C=C2/CCCCCCC2CONCCC[N+](C)(C)C)C1CCCCCC. The monoisotopic (exact) mass is 759 g/mol. The summed E-state index contributed by atoms with van der Waals surface area (Å²) in [4.78, 5) is 12.9. The van der Waals surface area contributed by atoms with Crippen LogP contribution in [-0.4, -0.2) is 90.6 Å². The van der Waals surface area contributed by atoms with Crippen molar-refractivity contribution in [3.8, 4) is 0 Å². The average molecular weight is 759 g/mol. The van der Waals surface area contributed by atoms with Gasteiger partial charge in [-0.15, -0.1) is 0 Å². The molecule has 6 unspecified atom stereocenters. The molecule has 1 spiro atoms. The van der Waals surface area contributed by atoms with Crippen LogP contribution in [0.5, 0.6) is 0 Å². The highest BCUT2D eigenvalue weighted by molar-refractivity contribution is 5.23. The summed E-state index contributed by atoms with van der Waals surface area (Å²) in [6, 6.07) is 0. The van der Waals surface area contributed by atoms with E-state index in [1.54, 1.807) is 5.57 Å². The van der Waals surface area contributed by atoms with E-state index in [1.807, 2.05) is 0 Å². The van der Waals surface area contributed by atoms with E-state index in [9.17, 15) is 0 Å². The fourth-order valence-corrected chi connectivity index (χ4v) is 10.2. The average Bonchev–Trinajstić information content (AvgIpc) is 3.10. The van der Waals surface area contributed by atoms with E-state index in [2.05, 4.69) is 85.3 Å². The second-order valence-electron chi connectivity index (χ2n) is 20.2. The Bertz CT molecular complexity index is 1020. The molecule has 0 aliphatic heterocycles. The van der Waals surface area contributed by atoms with Gasteiger partial charge in [-0.05, 0) is 74.0 Å². The number of nitrogens with one attached hydrogen (secondary N) is 2. The Labute approximate surface area is 337 Å². The Morgan fingerprint density at radius 2 is 1.26 bits per heavy atom. The van der Waals surface area contributed by atoms with Gasteiger partial charge < -0.3 is 18.6 Å². The first-order valence-corrected chi connectivity index (χ1v) is 23.7. The maximum Gasteiger partial charge on any atom is 0.0793 e. The van der Waals surface area contributed by atoms with Gasteiger partial charge in [-0.1, -0.05) is 134 Å². The molecule has 0 amide bonds. The lowest BCUT2D eigenvalue weighted by atomic mass is 9.52. The fourth-order valence-electron chi connectivity index (χ4n) is 10.2. The quantitative estimate of drug-likeness (QED) is 0.0421. The van der Waals surface area contributed by atoms with Gasteiger partial charge in [-0.2, -0.15) is 0 Å². The van der Waals surface area contributed by atoms with Gasteiger partial charge in [-0.25, -0.2) is 11.0 Å². The largest absolute Gasteiger partial charge is 0.331 e. The van der Waals surface area contributed by atoms with Gasteiger partial charge in [0.15, 0.2) is 0 Å². The fraction of sp³-hybridized carbons (Fsp3) is 0.917. The van der Waals surface area contributed by atoms with Crippen molar-refractivity contribution < 1.29 is 18.6 Å². The van der Waals surface area contributed by atoms with E-state index in [0.717, 1.165) is 67.1 Å². The number of allylic oxidation sites excluding steroid dienone is 3. The third-order valence-electron chi connectivity index (χ3n) is 13.4. The van der Waals surface area contributed by atoms with Crippen LogP contribution in [0.3, 0.4) is 0 Å². The maximum atomic E-state index is 6.54. The van der Waals surface area contributed by atoms with E-state index in [4.69, 9.17) is 9.68 Å². The summed E-state index contributed by atoms with van der Waals surface area (Å²) in [5.74, 6) is 3.07. The molecule has 6 nitrogen and oxygen atoms in total. The summed E-state index contributed by atoms with van der Waals surface area (Å²) < 4.78 is 2.01. The minimum atomic E-state index is 0.171. The molecule has 2 saturated carbocycles. The summed E-state index contributed by atoms with van der Waals surface area (Å²) >= 11 is 0. The lowest BCUT2D eigenvalue weighted by molar-refractivity contribution is -0.870. The lowest BCUT2D eigenvalue weighted by Crippen LogP contribution is -2.47. The van der Waals surface area contributed by atoms with Gasteiger partial charge in [0, 0.05) is 31.8 Å². The van der Waals surface area contributed by atoms with Crippen molar-refractivity contribution in [2.75, 3.05) is 81.7 Å². The van der Waals surface area contributed by atoms with Crippen LogP contribution in [0.1, 0.15) is 168 Å². The normalized spacial score (nSPS) is 28.2. The van der Waals surface area contributed by atoms with Crippen molar-refractivity contribution in [2.24, 2.45) is 35.0 Å². The summed E-state index contributed by atoms with van der Waals surface area (Å²) in [7, 11) is 13.7. The molecular formula is C48H94N4O2+2. The van der Waals surface area contributed by atoms with Crippen LogP contribution in [0.2, 0.25) is 0 Å². The third kappa shape index (κ3) is 18.2. The van der Waals surface area contributed by atoms with Crippen LogP contribution >= 0.6 is 0 Å². The molecule has 6 heteroatoms. The molecule has 3 rings (SSSR count). The number of unbranched alkanes of at least 4 members (excludes halogenated alkanes) is 6. The maximum absolute atomic E-state index is 6.54. The Morgan fingerprint density at radius 3 is 1.91 bits per heavy atom. The summed E-state index contributed by atoms with van der Waals surface area (Å²) in [5.41, 5.74) is 8.78. The second kappa shape index (κ2) is 26.3. The second-order valence-corrected chi connectivity index (χ2v) is 20.2. The number of hydroxylamine groups is 2. The molecule has 0 aromatic carbocycles. The van der Waals surface area contributed by atoms with E-state index in [0.29, 0.717) is 23.7 Å². The standard InChI is InChI=1S/C48H94N4O2/c1-9-11-13-19-27-42-32-34-48(33-24-18-17-22-30-45(48)41-54-50-36-26-38-52(6,7)8)47(46(42)31-23-14-12-10-2)39-43-28-20-15-16-21-29-44(43)40-53-49-35-25-37-51(3,4)5/h32,34,39,42,44-47,49-50H,9-31,33,35-38,40-41H2,1-8H3/q+2/b43-39-. The van der Waals surface area contributed by atoms with Crippen molar-refractivity contribution in [1.29, 1.82) is 0 Å². The first-order valence-electron chi connectivity index (χ1n) is 23.7. The first kappa shape index (κ1) is 47.6. The zero-order chi connectivity index (χ0) is 39.1. The van der Waals surface area contributed by atoms with Crippen LogP contribution in [-0.2, 0) is 9.68 Å². The minimum Gasteiger partial charge on any atom is -0.331 e. The van der Waals surface area contributed by atoms with Crippen LogP contribution in [0.4, 0.5) is 0 Å². The Kier molecular flexibility index (Phi) is 23.2. The summed E-state index contributed by atoms with van der Waals surface area (Å²) in [6.45, 7) is 10.6. The van der Waals surface area contributed by atoms with Gasteiger partial charge in [-0.3, -0.25) is 0 Å². The number of nitrogens with zero attached hydrogens (tertiary/aromatic N) is 2. The molecule has 0 bridgehead atoms. The van der Waals surface area contributed by atoms with Crippen LogP contribution in [0.15, 0.2) is 23.8 Å². The first-order chi connectivity index (χ1) is 26.0. The number of quaternary nitrogens is 2. The highest BCUT2D eigenvalue weighted by Crippen LogP contribution is 2.56. The highest BCUT2D eigenvalue weighted by atomic mass is 16.6. The van der Waals surface area contributed by atoms with Crippen molar-refractivity contribution in [1.82, 2.24) is 11.0 Å². The third-order valence-corrected chi connectivity index (χ3v) is 13.4. The molecule has 54 heavy (non-hydrogen) atoms. The van der Waals surface area contributed by atoms with E-state index >= 15 is 0 Å². The topological polar surface area (TPSA) is 42.5 Å². The van der Waals surface area contributed by atoms with E-state index in [-0.39, 0.29) is 5.41 Å². The minimum absolute atomic E-state index is 0.171. The highest BCUT2D eigenvalue weighted by Gasteiger charge is 2.49. The zero-order valence-corrected chi connectivity index (χ0v) is 37.5. The molecule has 0 saturated heterocycles. The molecule has 0 aromatic rings. The van der Waals surface area contributed by atoms with Gasteiger partial charge in [0.2, 0.25) is 0 Å². The summed E-state index contributed by atoms with van der Waals surface area (Å²) in [5, 5.41) is 0. The predicted octanol–water partition coefficient (Wildman–Crippen LogP) is 11.4. The van der Waals surface area contributed by atoms with Crippen LogP contribution in [0, 0.1) is 35.0 Å². The number of hydrogen-bond donors (Lipinski definition) is 2. The Morgan fingerprint density at radius 1 is 0.667 bits per heavy atom. The molecule has 3 aliphatic carbocycles. The molecule has 0 aromatic heterocycles. The lowest BCUT2D eigenvalue weighted by Gasteiger charge is -2.52. The predicted molar refractivity (Wildman–Crippen MR) is 233 cm³/mol. The van der Waals surface area contributed by atoms with Crippen molar-refractivity contribution in [2.45, 2.75) is 168 Å². The smallest absolute Gasteiger partial charge is 0.0793 e. The van der Waals surface area contributed by atoms with Crippen molar-refractivity contribution >= 4 is 0 Å². The van der Waals surface area contributed by atoms with Crippen molar-refractivity contribution in [3.63, 3.8) is 0 Å². The molecule has 2 fully saturated rings. The Balaban J connectivity index is 1.98.